The van der Waals surface area contributed by atoms with Crippen molar-refractivity contribution in [2.75, 3.05) is 11.4 Å². The van der Waals surface area contributed by atoms with Crippen LogP contribution in [0.2, 0.25) is 0 Å². The molecule has 0 saturated carbocycles. The Morgan fingerprint density at radius 3 is 2.48 bits per heavy atom. The standard InChI is InChI=1S/C18H19FN2O3S/c1-12-3-7-15(8-4-12)21-10-9-16(18(21)22)20-25(23,24)17-11-14(19)6-5-13(17)2/h3-8,11,16,20H,9-10H2,1-2H3/t16-/m0/s1. The molecule has 7 heteroatoms. The van der Waals surface area contributed by atoms with E-state index in [9.17, 15) is 17.6 Å². The number of carbonyl (C=O) groups is 1. The molecule has 1 heterocycles. The summed E-state index contributed by atoms with van der Waals surface area (Å²) in [6.45, 7) is 3.97. The van der Waals surface area contributed by atoms with Crippen molar-refractivity contribution in [1.29, 1.82) is 0 Å². The van der Waals surface area contributed by atoms with Gasteiger partial charge in [0, 0.05) is 12.2 Å². The van der Waals surface area contributed by atoms with Crippen molar-refractivity contribution < 1.29 is 17.6 Å². The van der Waals surface area contributed by atoms with Gasteiger partial charge in [-0.1, -0.05) is 23.8 Å². The molecule has 0 unspecified atom stereocenters. The second-order valence-corrected chi connectivity index (χ2v) is 7.88. The Balaban J connectivity index is 1.80. The van der Waals surface area contributed by atoms with Gasteiger partial charge < -0.3 is 4.90 Å². The van der Waals surface area contributed by atoms with E-state index in [2.05, 4.69) is 4.72 Å². The second-order valence-electron chi connectivity index (χ2n) is 6.20. The number of amides is 1. The minimum absolute atomic E-state index is 0.144. The van der Waals surface area contributed by atoms with Gasteiger partial charge in [0.15, 0.2) is 0 Å². The number of rotatable bonds is 4. The summed E-state index contributed by atoms with van der Waals surface area (Å²) in [5, 5.41) is 0. The minimum Gasteiger partial charge on any atom is -0.311 e. The predicted octanol–water partition coefficient (Wildman–Crippen LogP) is 2.53. The van der Waals surface area contributed by atoms with Crippen LogP contribution in [0, 0.1) is 19.7 Å². The molecule has 1 aliphatic rings. The highest BCUT2D eigenvalue weighted by atomic mass is 32.2. The number of halogens is 1. The molecule has 1 fully saturated rings. The highest BCUT2D eigenvalue weighted by Crippen LogP contribution is 2.24. The fourth-order valence-corrected chi connectivity index (χ4v) is 4.36. The lowest BCUT2D eigenvalue weighted by Gasteiger charge is -2.18. The van der Waals surface area contributed by atoms with Crippen LogP contribution in [0.1, 0.15) is 17.5 Å². The maximum absolute atomic E-state index is 13.4. The van der Waals surface area contributed by atoms with Gasteiger partial charge in [0.2, 0.25) is 15.9 Å². The lowest BCUT2D eigenvalue weighted by molar-refractivity contribution is -0.118. The van der Waals surface area contributed by atoms with Crippen molar-refractivity contribution in [2.24, 2.45) is 0 Å². The molecule has 1 saturated heterocycles. The van der Waals surface area contributed by atoms with Crippen LogP contribution in [0.5, 0.6) is 0 Å². The summed E-state index contributed by atoms with van der Waals surface area (Å²) >= 11 is 0. The minimum atomic E-state index is -3.98. The molecule has 0 aromatic heterocycles. The van der Waals surface area contributed by atoms with E-state index in [1.165, 1.54) is 12.1 Å². The van der Waals surface area contributed by atoms with Crippen molar-refractivity contribution >= 4 is 21.6 Å². The molecular formula is C18H19FN2O3S. The number of benzene rings is 2. The SMILES string of the molecule is Cc1ccc(N2CC[C@H](NS(=O)(=O)c3cc(F)ccc3C)C2=O)cc1. The highest BCUT2D eigenvalue weighted by molar-refractivity contribution is 7.89. The number of hydrogen-bond acceptors (Lipinski definition) is 3. The van der Waals surface area contributed by atoms with E-state index in [1.807, 2.05) is 31.2 Å². The topological polar surface area (TPSA) is 66.5 Å². The summed E-state index contributed by atoms with van der Waals surface area (Å²) in [5.74, 6) is -0.938. The molecule has 25 heavy (non-hydrogen) atoms. The number of sulfonamides is 1. The zero-order valence-electron chi connectivity index (χ0n) is 14.0. The second kappa shape index (κ2) is 6.57. The van der Waals surface area contributed by atoms with E-state index in [1.54, 1.807) is 11.8 Å². The van der Waals surface area contributed by atoms with Gasteiger partial charge in [0.05, 0.1) is 4.90 Å². The molecule has 1 N–H and O–H groups in total. The van der Waals surface area contributed by atoms with E-state index >= 15 is 0 Å². The van der Waals surface area contributed by atoms with Crippen LogP contribution in [0.25, 0.3) is 0 Å². The normalized spacial score (nSPS) is 18.0. The van der Waals surface area contributed by atoms with Crippen LogP contribution in [0.3, 0.4) is 0 Å². The summed E-state index contributed by atoms with van der Waals surface area (Å²) in [6, 6.07) is 10.2. The lowest BCUT2D eigenvalue weighted by atomic mass is 10.2. The van der Waals surface area contributed by atoms with Gasteiger partial charge in [-0.05, 0) is 50.1 Å². The molecule has 2 aromatic rings. The molecule has 0 aliphatic carbocycles. The fourth-order valence-electron chi connectivity index (χ4n) is 2.88. The maximum Gasteiger partial charge on any atom is 0.245 e. The van der Waals surface area contributed by atoms with Crippen molar-refractivity contribution in [3.63, 3.8) is 0 Å². The highest BCUT2D eigenvalue weighted by Gasteiger charge is 2.36. The molecule has 0 spiro atoms. The molecule has 132 valence electrons. The molecule has 5 nitrogen and oxygen atoms in total. The van der Waals surface area contributed by atoms with Crippen LogP contribution >= 0.6 is 0 Å². The van der Waals surface area contributed by atoms with Gasteiger partial charge in [0.25, 0.3) is 0 Å². The van der Waals surface area contributed by atoms with Gasteiger partial charge in [-0.3, -0.25) is 4.79 Å². The van der Waals surface area contributed by atoms with E-state index < -0.39 is 21.9 Å². The Hall–Kier alpha value is -2.25. The summed E-state index contributed by atoms with van der Waals surface area (Å²) in [6.07, 6.45) is 0.361. The van der Waals surface area contributed by atoms with E-state index in [0.717, 1.165) is 17.3 Å². The van der Waals surface area contributed by atoms with Crippen LogP contribution in [-0.2, 0) is 14.8 Å². The first kappa shape index (κ1) is 17.6. The summed E-state index contributed by atoms with van der Waals surface area (Å²) in [5.41, 5.74) is 2.24. The molecular weight excluding hydrogens is 343 g/mol. The Morgan fingerprint density at radius 2 is 1.80 bits per heavy atom. The van der Waals surface area contributed by atoms with Crippen molar-refractivity contribution in [3.8, 4) is 0 Å². The average molecular weight is 362 g/mol. The summed E-state index contributed by atoms with van der Waals surface area (Å²) < 4.78 is 40.9. The van der Waals surface area contributed by atoms with Crippen LogP contribution in [0.15, 0.2) is 47.4 Å². The molecule has 1 amide bonds. The number of nitrogens with zero attached hydrogens (tertiary/aromatic N) is 1. The van der Waals surface area contributed by atoms with Crippen molar-refractivity contribution in [1.82, 2.24) is 4.72 Å². The Bertz CT molecular complexity index is 910. The first-order chi connectivity index (χ1) is 11.8. The maximum atomic E-state index is 13.4. The predicted molar refractivity (Wildman–Crippen MR) is 93.4 cm³/mol. The molecule has 1 aliphatic heterocycles. The van der Waals surface area contributed by atoms with Gasteiger partial charge in [0.1, 0.15) is 11.9 Å². The monoisotopic (exact) mass is 362 g/mol. The molecule has 1 atom stereocenters. The number of anilines is 1. The van der Waals surface area contributed by atoms with Gasteiger partial charge >= 0.3 is 0 Å². The third kappa shape index (κ3) is 3.57. The van der Waals surface area contributed by atoms with Gasteiger partial charge in [-0.15, -0.1) is 0 Å². The summed E-state index contributed by atoms with van der Waals surface area (Å²) in [7, 11) is -3.98. The number of carbonyl (C=O) groups excluding carboxylic acids is 1. The molecule has 2 aromatic carbocycles. The average Bonchev–Trinajstić information content (AvgIpc) is 2.91. The lowest BCUT2D eigenvalue weighted by Crippen LogP contribution is -2.41. The zero-order valence-corrected chi connectivity index (χ0v) is 14.8. The van der Waals surface area contributed by atoms with E-state index in [-0.39, 0.29) is 10.8 Å². The van der Waals surface area contributed by atoms with E-state index in [0.29, 0.717) is 18.5 Å². The largest absolute Gasteiger partial charge is 0.311 e. The Morgan fingerprint density at radius 1 is 1.12 bits per heavy atom. The third-order valence-electron chi connectivity index (χ3n) is 4.29. The van der Waals surface area contributed by atoms with Gasteiger partial charge in [-0.2, -0.15) is 4.72 Å². The Kier molecular flexibility index (Phi) is 4.62. The van der Waals surface area contributed by atoms with Crippen molar-refractivity contribution in [2.45, 2.75) is 31.2 Å². The quantitative estimate of drug-likeness (QED) is 0.909. The molecule has 0 bridgehead atoms. The molecule has 3 rings (SSSR count). The molecule has 0 radical (unpaired) electrons. The van der Waals surface area contributed by atoms with E-state index in [4.69, 9.17) is 0 Å². The number of aryl methyl sites for hydroxylation is 2. The Labute approximate surface area is 146 Å². The number of hydrogen-bond donors (Lipinski definition) is 1. The summed E-state index contributed by atoms with van der Waals surface area (Å²) in [4.78, 5) is 14.0. The smallest absolute Gasteiger partial charge is 0.245 e. The first-order valence-corrected chi connectivity index (χ1v) is 9.43. The van der Waals surface area contributed by atoms with Crippen LogP contribution in [-0.4, -0.2) is 26.9 Å². The van der Waals surface area contributed by atoms with Crippen LogP contribution < -0.4 is 9.62 Å². The fraction of sp³-hybridized carbons (Fsp3) is 0.278. The van der Waals surface area contributed by atoms with Crippen molar-refractivity contribution in [3.05, 3.63) is 59.4 Å². The number of nitrogens with one attached hydrogen (secondary N) is 1. The third-order valence-corrected chi connectivity index (χ3v) is 5.90. The van der Waals surface area contributed by atoms with Crippen LogP contribution in [0.4, 0.5) is 10.1 Å². The van der Waals surface area contributed by atoms with Gasteiger partial charge in [-0.25, -0.2) is 12.8 Å². The zero-order chi connectivity index (χ0) is 18.2. The first-order valence-electron chi connectivity index (χ1n) is 7.94.